The maximum atomic E-state index is 10.2. The van der Waals surface area contributed by atoms with Crippen molar-refractivity contribution in [2.45, 2.75) is 13.0 Å². The first kappa shape index (κ1) is 11.6. The second kappa shape index (κ2) is 4.97. The lowest BCUT2D eigenvalue weighted by atomic mass is 10.0. The second-order valence-electron chi connectivity index (χ2n) is 3.95. The average molecular weight is 229 g/mol. The highest BCUT2D eigenvalue weighted by atomic mass is 16.5. The molecule has 1 atom stereocenters. The fourth-order valence-corrected chi connectivity index (χ4v) is 1.62. The van der Waals surface area contributed by atoms with E-state index in [4.69, 9.17) is 4.74 Å². The Morgan fingerprint density at radius 2 is 1.71 bits per heavy atom. The molecule has 0 amide bonds. The zero-order valence-electron chi connectivity index (χ0n) is 9.92. The van der Waals surface area contributed by atoms with Gasteiger partial charge in [-0.3, -0.25) is 0 Å². The number of ether oxygens (including phenoxy) is 1. The molecule has 0 saturated heterocycles. The molecule has 0 bridgehead atoms. The molecule has 0 aliphatic rings. The zero-order chi connectivity index (χ0) is 12.3. The number of pyridine rings is 1. The topological polar surface area (TPSA) is 42.4 Å². The van der Waals surface area contributed by atoms with Crippen LogP contribution in [0.4, 0.5) is 0 Å². The highest BCUT2D eigenvalue weighted by Crippen LogP contribution is 2.22. The van der Waals surface area contributed by atoms with Gasteiger partial charge in [-0.25, -0.2) is 4.98 Å². The summed E-state index contributed by atoms with van der Waals surface area (Å²) in [6.45, 7) is 2.02. The molecular weight excluding hydrogens is 214 g/mol. The first-order valence-electron chi connectivity index (χ1n) is 5.45. The normalized spacial score (nSPS) is 12.2. The van der Waals surface area contributed by atoms with Gasteiger partial charge in [-0.2, -0.15) is 0 Å². The van der Waals surface area contributed by atoms with Gasteiger partial charge in [0, 0.05) is 17.8 Å². The predicted octanol–water partition coefficient (Wildman–Crippen LogP) is 2.48. The Balaban J connectivity index is 2.23. The Hall–Kier alpha value is -1.87. The van der Waals surface area contributed by atoms with Crippen LogP contribution < -0.4 is 4.74 Å². The molecule has 0 radical (unpaired) electrons. The van der Waals surface area contributed by atoms with Crippen molar-refractivity contribution in [3.63, 3.8) is 0 Å². The van der Waals surface area contributed by atoms with Gasteiger partial charge in [-0.05, 0) is 18.6 Å². The van der Waals surface area contributed by atoms with E-state index in [-0.39, 0.29) is 0 Å². The molecule has 0 spiro atoms. The van der Waals surface area contributed by atoms with E-state index in [2.05, 4.69) is 4.98 Å². The number of benzene rings is 1. The van der Waals surface area contributed by atoms with Crippen molar-refractivity contribution in [2.24, 2.45) is 0 Å². The lowest BCUT2D eigenvalue weighted by Gasteiger charge is -2.11. The zero-order valence-corrected chi connectivity index (χ0v) is 9.92. The molecule has 88 valence electrons. The van der Waals surface area contributed by atoms with Crippen LogP contribution in [-0.2, 0) is 0 Å². The van der Waals surface area contributed by atoms with Crippen LogP contribution in [0.15, 0.2) is 42.6 Å². The molecule has 0 aliphatic carbocycles. The molecule has 3 heteroatoms. The summed E-state index contributed by atoms with van der Waals surface area (Å²) in [7, 11) is 1.57. The fourth-order valence-electron chi connectivity index (χ4n) is 1.62. The molecule has 2 rings (SSSR count). The molecule has 0 fully saturated rings. The molecule has 2 aromatic rings. The summed E-state index contributed by atoms with van der Waals surface area (Å²) >= 11 is 0. The minimum atomic E-state index is -0.644. The van der Waals surface area contributed by atoms with Crippen LogP contribution in [0.1, 0.15) is 22.8 Å². The lowest BCUT2D eigenvalue weighted by Crippen LogP contribution is -2.00. The highest BCUT2D eigenvalue weighted by molar-refractivity contribution is 5.31. The van der Waals surface area contributed by atoms with E-state index in [0.29, 0.717) is 5.88 Å². The molecule has 1 N–H and O–H groups in total. The first-order chi connectivity index (χ1) is 8.20. The third kappa shape index (κ3) is 2.63. The number of methoxy groups -OCH3 is 1. The van der Waals surface area contributed by atoms with Crippen LogP contribution in [0, 0.1) is 6.92 Å². The summed E-state index contributed by atoms with van der Waals surface area (Å²) in [6, 6.07) is 11.4. The molecule has 3 nitrogen and oxygen atoms in total. The number of aliphatic hydroxyl groups is 1. The Bertz CT molecular complexity index is 477. The molecule has 17 heavy (non-hydrogen) atoms. The van der Waals surface area contributed by atoms with E-state index >= 15 is 0 Å². The van der Waals surface area contributed by atoms with Gasteiger partial charge in [0.1, 0.15) is 6.10 Å². The van der Waals surface area contributed by atoms with Crippen molar-refractivity contribution in [3.8, 4) is 5.88 Å². The van der Waals surface area contributed by atoms with E-state index in [1.807, 2.05) is 37.3 Å². The van der Waals surface area contributed by atoms with Gasteiger partial charge < -0.3 is 9.84 Å². The third-order valence-electron chi connectivity index (χ3n) is 2.68. The number of aryl methyl sites for hydroxylation is 1. The van der Waals surface area contributed by atoms with Gasteiger partial charge in [0.05, 0.1) is 7.11 Å². The average Bonchev–Trinajstić information content (AvgIpc) is 2.39. The fraction of sp³-hybridized carbons (Fsp3) is 0.214. The summed E-state index contributed by atoms with van der Waals surface area (Å²) in [5.41, 5.74) is 2.80. The van der Waals surface area contributed by atoms with E-state index in [9.17, 15) is 5.11 Å². The maximum absolute atomic E-state index is 10.2. The maximum Gasteiger partial charge on any atom is 0.212 e. The smallest absolute Gasteiger partial charge is 0.212 e. The van der Waals surface area contributed by atoms with E-state index in [1.165, 1.54) is 5.56 Å². The van der Waals surface area contributed by atoms with Crippen molar-refractivity contribution < 1.29 is 9.84 Å². The summed E-state index contributed by atoms with van der Waals surface area (Å²) in [5.74, 6) is 0.546. The molecule has 1 heterocycles. The highest BCUT2D eigenvalue weighted by Gasteiger charge is 2.10. The van der Waals surface area contributed by atoms with Gasteiger partial charge in [-0.1, -0.05) is 29.8 Å². The first-order valence-corrected chi connectivity index (χ1v) is 5.45. The minimum Gasteiger partial charge on any atom is -0.481 e. The molecule has 1 aromatic heterocycles. The monoisotopic (exact) mass is 229 g/mol. The van der Waals surface area contributed by atoms with Crippen molar-refractivity contribution in [2.75, 3.05) is 7.11 Å². The van der Waals surface area contributed by atoms with E-state index in [1.54, 1.807) is 19.4 Å². The van der Waals surface area contributed by atoms with Gasteiger partial charge in [0.15, 0.2) is 0 Å². The van der Waals surface area contributed by atoms with Crippen molar-refractivity contribution in [3.05, 3.63) is 59.3 Å². The van der Waals surface area contributed by atoms with Crippen molar-refractivity contribution in [1.82, 2.24) is 4.98 Å². The molecule has 1 unspecified atom stereocenters. The number of hydrogen-bond acceptors (Lipinski definition) is 3. The minimum absolute atomic E-state index is 0.546. The summed E-state index contributed by atoms with van der Waals surface area (Å²) in [6.07, 6.45) is 0.984. The number of aromatic nitrogens is 1. The van der Waals surface area contributed by atoms with Gasteiger partial charge in [0.25, 0.3) is 0 Å². The number of aliphatic hydroxyl groups excluding tert-OH is 1. The SMILES string of the molecule is COc1ccc(C(O)c2ccc(C)cc2)cn1. The summed E-state index contributed by atoms with van der Waals surface area (Å²) < 4.78 is 4.98. The Kier molecular flexibility index (Phi) is 3.40. The van der Waals surface area contributed by atoms with Crippen LogP contribution in [0.25, 0.3) is 0 Å². The predicted molar refractivity (Wildman–Crippen MR) is 66.0 cm³/mol. The van der Waals surface area contributed by atoms with Crippen LogP contribution in [-0.4, -0.2) is 17.2 Å². The lowest BCUT2D eigenvalue weighted by molar-refractivity contribution is 0.219. The van der Waals surface area contributed by atoms with Gasteiger partial charge in [0.2, 0.25) is 5.88 Å². The Morgan fingerprint density at radius 1 is 1.06 bits per heavy atom. The van der Waals surface area contributed by atoms with E-state index < -0.39 is 6.10 Å². The van der Waals surface area contributed by atoms with Gasteiger partial charge >= 0.3 is 0 Å². The van der Waals surface area contributed by atoms with Crippen LogP contribution in [0.5, 0.6) is 5.88 Å². The van der Waals surface area contributed by atoms with Gasteiger partial charge in [-0.15, -0.1) is 0 Å². The molecule has 1 aromatic carbocycles. The molecule has 0 aliphatic heterocycles. The quantitative estimate of drug-likeness (QED) is 0.879. The largest absolute Gasteiger partial charge is 0.481 e. The number of nitrogens with zero attached hydrogens (tertiary/aromatic N) is 1. The summed E-state index contributed by atoms with van der Waals surface area (Å²) in [5, 5.41) is 10.2. The van der Waals surface area contributed by atoms with Crippen molar-refractivity contribution in [1.29, 1.82) is 0 Å². The molecule has 0 saturated carbocycles. The van der Waals surface area contributed by atoms with Crippen LogP contribution in [0.2, 0.25) is 0 Å². The third-order valence-corrected chi connectivity index (χ3v) is 2.68. The second-order valence-corrected chi connectivity index (χ2v) is 3.95. The molecular formula is C14H15NO2. The Morgan fingerprint density at radius 3 is 2.24 bits per heavy atom. The standard InChI is InChI=1S/C14H15NO2/c1-10-3-5-11(6-4-10)14(16)12-7-8-13(17-2)15-9-12/h3-9,14,16H,1-2H3. The Labute approximate surface area is 101 Å². The van der Waals surface area contributed by atoms with Crippen molar-refractivity contribution >= 4 is 0 Å². The van der Waals surface area contributed by atoms with E-state index in [0.717, 1.165) is 11.1 Å². The van der Waals surface area contributed by atoms with Crippen LogP contribution in [0.3, 0.4) is 0 Å². The summed E-state index contributed by atoms with van der Waals surface area (Å²) in [4.78, 5) is 4.08. The van der Waals surface area contributed by atoms with Crippen LogP contribution >= 0.6 is 0 Å². The number of rotatable bonds is 3. The number of hydrogen-bond donors (Lipinski definition) is 1.